The number of nitrogens with zero attached hydrogens (tertiary/aromatic N) is 4. The Morgan fingerprint density at radius 2 is 2.15 bits per heavy atom. The third-order valence-corrected chi connectivity index (χ3v) is 3.36. The molecule has 0 aliphatic carbocycles. The van der Waals surface area contributed by atoms with E-state index in [1.54, 1.807) is 19.9 Å². The Hall–Kier alpha value is -2.15. The SMILES string of the molecule is CCNc1ccc([N+](=O)[O-])c(-n2nc(C)c(Cl)c2C)n1. The number of rotatable bonds is 4. The predicted octanol–water partition coefficient (Wildman–Crippen LogP) is 2.88. The molecule has 0 aliphatic heterocycles. The van der Waals surface area contributed by atoms with Gasteiger partial charge in [-0.3, -0.25) is 10.1 Å². The van der Waals surface area contributed by atoms with Crippen LogP contribution >= 0.6 is 11.6 Å². The van der Waals surface area contributed by atoms with E-state index in [1.807, 2.05) is 6.92 Å². The largest absolute Gasteiger partial charge is 0.370 e. The van der Waals surface area contributed by atoms with Crippen molar-refractivity contribution < 1.29 is 4.92 Å². The van der Waals surface area contributed by atoms with Crippen LogP contribution in [0.1, 0.15) is 18.3 Å². The van der Waals surface area contributed by atoms with Crippen molar-refractivity contribution in [2.24, 2.45) is 0 Å². The standard InChI is InChI=1S/C12H14ClN5O2/c1-4-14-10-6-5-9(18(19)20)12(15-10)17-8(3)11(13)7(2)16-17/h5-6H,4H2,1-3H3,(H,14,15). The number of hydrogen-bond donors (Lipinski definition) is 1. The quantitative estimate of drug-likeness (QED) is 0.692. The van der Waals surface area contributed by atoms with Crippen LogP contribution in [0.3, 0.4) is 0 Å². The van der Waals surface area contributed by atoms with Gasteiger partial charge in [0.05, 0.1) is 21.3 Å². The molecule has 0 aromatic carbocycles. The minimum atomic E-state index is -0.484. The summed E-state index contributed by atoms with van der Waals surface area (Å²) in [6.45, 7) is 6.07. The molecular formula is C12H14ClN5O2. The summed E-state index contributed by atoms with van der Waals surface area (Å²) in [6.07, 6.45) is 0. The molecule has 7 nitrogen and oxygen atoms in total. The maximum atomic E-state index is 11.1. The Labute approximate surface area is 120 Å². The number of aromatic nitrogens is 3. The van der Waals surface area contributed by atoms with Crippen molar-refractivity contribution >= 4 is 23.1 Å². The lowest BCUT2D eigenvalue weighted by atomic mass is 10.3. The number of halogens is 1. The van der Waals surface area contributed by atoms with E-state index in [2.05, 4.69) is 15.4 Å². The normalized spacial score (nSPS) is 10.6. The second-order valence-corrected chi connectivity index (χ2v) is 4.60. The highest BCUT2D eigenvalue weighted by molar-refractivity contribution is 6.31. The molecule has 0 fully saturated rings. The van der Waals surface area contributed by atoms with Gasteiger partial charge in [-0.25, -0.2) is 9.67 Å². The number of pyridine rings is 1. The topological polar surface area (TPSA) is 85.9 Å². The smallest absolute Gasteiger partial charge is 0.313 e. The second kappa shape index (κ2) is 5.46. The van der Waals surface area contributed by atoms with E-state index in [9.17, 15) is 10.1 Å². The Balaban J connectivity index is 2.65. The van der Waals surface area contributed by atoms with Crippen molar-refractivity contribution in [1.29, 1.82) is 0 Å². The summed E-state index contributed by atoms with van der Waals surface area (Å²) in [5.41, 5.74) is 1.11. The summed E-state index contributed by atoms with van der Waals surface area (Å²) in [7, 11) is 0. The fourth-order valence-corrected chi connectivity index (χ4v) is 1.97. The monoisotopic (exact) mass is 295 g/mol. The molecule has 106 valence electrons. The van der Waals surface area contributed by atoms with Crippen LogP contribution in [0.25, 0.3) is 5.82 Å². The van der Waals surface area contributed by atoms with Crippen LogP contribution in [-0.4, -0.2) is 26.2 Å². The van der Waals surface area contributed by atoms with Gasteiger partial charge in [0.2, 0.25) is 5.82 Å². The zero-order chi connectivity index (χ0) is 14.9. The van der Waals surface area contributed by atoms with E-state index >= 15 is 0 Å². The molecule has 0 saturated heterocycles. The summed E-state index contributed by atoms with van der Waals surface area (Å²) in [5, 5.41) is 18.9. The van der Waals surface area contributed by atoms with Gasteiger partial charge in [-0.15, -0.1) is 0 Å². The van der Waals surface area contributed by atoms with Gasteiger partial charge in [0.25, 0.3) is 0 Å². The molecule has 0 amide bonds. The van der Waals surface area contributed by atoms with Crippen LogP contribution in [0.4, 0.5) is 11.5 Å². The molecule has 2 aromatic rings. The molecule has 0 spiro atoms. The molecular weight excluding hydrogens is 282 g/mol. The lowest BCUT2D eigenvalue weighted by Gasteiger charge is -2.07. The van der Waals surface area contributed by atoms with Crippen LogP contribution in [0.5, 0.6) is 0 Å². The van der Waals surface area contributed by atoms with Crippen molar-refractivity contribution in [3.05, 3.63) is 38.7 Å². The molecule has 2 aromatic heterocycles. The van der Waals surface area contributed by atoms with Crippen molar-refractivity contribution in [1.82, 2.24) is 14.8 Å². The van der Waals surface area contributed by atoms with Gasteiger partial charge in [-0.1, -0.05) is 11.6 Å². The molecule has 0 bridgehead atoms. The molecule has 2 heterocycles. The van der Waals surface area contributed by atoms with Gasteiger partial charge in [0.15, 0.2) is 0 Å². The Bertz CT molecular complexity index is 668. The summed E-state index contributed by atoms with van der Waals surface area (Å²) < 4.78 is 1.40. The molecule has 0 saturated carbocycles. The second-order valence-electron chi connectivity index (χ2n) is 4.22. The zero-order valence-corrected chi connectivity index (χ0v) is 12.1. The third-order valence-electron chi connectivity index (χ3n) is 2.81. The number of hydrogen-bond acceptors (Lipinski definition) is 5. The van der Waals surface area contributed by atoms with Crippen molar-refractivity contribution in [2.75, 3.05) is 11.9 Å². The lowest BCUT2D eigenvalue weighted by Crippen LogP contribution is -2.09. The van der Waals surface area contributed by atoms with Crippen molar-refractivity contribution in [3.63, 3.8) is 0 Å². The third kappa shape index (κ3) is 2.44. The average molecular weight is 296 g/mol. The fourth-order valence-electron chi connectivity index (χ4n) is 1.85. The van der Waals surface area contributed by atoms with Crippen molar-refractivity contribution in [3.8, 4) is 5.82 Å². The summed E-state index contributed by atoms with van der Waals surface area (Å²) >= 11 is 6.08. The average Bonchev–Trinajstić information content (AvgIpc) is 2.66. The van der Waals surface area contributed by atoms with Crippen LogP contribution in [-0.2, 0) is 0 Å². The van der Waals surface area contributed by atoms with E-state index in [-0.39, 0.29) is 11.5 Å². The number of anilines is 1. The fraction of sp³-hybridized carbons (Fsp3) is 0.333. The van der Waals surface area contributed by atoms with E-state index in [0.717, 1.165) is 0 Å². The van der Waals surface area contributed by atoms with Crippen LogP contribution in [0, 0.1) is 24.0 Å². The minimum absolute atomic E-state index is 0.117. The Kier molecular flexibility index (Phi) is 3.89. The molecule has 0 atom stereocenters. The molecule has 0 unspecified atom stereocenters. The Morgan fingerprint density at radius 3 is 2.65 bits per heavy atom. The van der Waals surface area contributed by atoms with Gasteiger partial charge in [-0.05, 0) is 26.8 Å². The highest BCUT2D eigenvalue weighted by Gasteiger charge is 2.22. The molecule has 20 heavy (non-hydrogen) atoms. The first-order chi connectivity index (χ1) is 9.45. The first kappa shape index (κ1) is 14.3. The molecule has 1 N–H and O–H groups in total. The molecule has 8 heteroatoms. The molecule has 0 aliphatic rings. The predicted molar refractivity (Wildman–Crippen MR) is 76.7 cm³/mol. The van der Waals surface area contributed by atoms with Gasteiger partial charge in [0.1, 0.15) is 5.82 Å². The van der Waals surface area contributed by atoms with Crippen LogP contribution in [0.2, 0.25) is 5.02 Å². The first-order valence-corrected chi connectivity index (χ1v) is 6.45. The maximum absolute atomic E-state index is 11.1. The van der Waals surface area contributed by atoms with Gasteiger partial charge in [-0.2, -0.15) is 5.10 Å². The number of nitrogens with one attached hydrogen (secondary N) is 1. The van der Waals surface area contributed by atoms with Crippen molar-refractivity contribution in [2.45, 2.75) is 20.8 Å². The summed E-state index contributed by atoms with van der Waals surface area (Å²) in [4.78, 5) is 14.9. The highest BCUT2D eigenvalue weighted by atomic mass is 35.5. The van der Waals surface area contributed by atoms with E-state index in [1.165, 1.54) is 10.7 Å². The number of aryl methyl sites for hydroxylation is 1. The maximum Gasteiger partial charge on any atom is 0.313 e. The summed E-state index contributed by atoms with van der Waals surface area (Å²) in [5.74, 6) is 0.706. The lowest BCUT2D eigenvalue weighted by molar-refractivity contribution is -0.384. The number of nitro groups is 1. The Morgan fingerprint density at radius 1 is 1.45 bits per heavy atom. The van der Waals surface area contributed by atoms with E-state index in [4.69, 9.17) is 11.6 Å². The van der Waals surface area contributed by atoms with Crippen LogP contribution < -0.4 is 5.32 Å². The minimum Gasteiger partial charge on any atom is -0.370 e. The van der Waals surface area contributed by atoms with Gasteiger partial charge >= 0.3 is 5.69 Å². The van der Waals surface area contributed by atoms with Gasteiger partial charge in [0, 0.05) is 12.6 Å². The van der Waals surface area contributed by atoms with E-state index in [0.29, 0.717) is 28.8 Å². The van der Waals surface area contributed by atoms with E-state index < -0.39 is 4.92 Å². The zero-order valence-electron chi connectivity index (χ0n) is 11.3. The molecule has 2 rings (SSSR count). The summed E-state index contributed by atoms with van der Waals surface area (Å²) in [6, 6.07) is 2.98. The first-order valence-electron chi connectivity index (χ1n) is 6.07. The highest BCUT2D eigenvalue weighted by Crippen LogP contribution is 2.27. The van der Waals surface area contributed by atoms with Gasteiger partial charge < -0.3 is 5.32 Å². The molecule has 0 radical (unpaired) electrons. The van der Waals surface area contributed by atoms with Crippen LogP contribution in [0.15, 0.2) is 12.1 Å².